The van der Waals surface area contributed by atoms with Gasteiger partial charge in [-0.25, -0.2) is 4.39 Å². The zero-order valence-electron chi connectivity index (χ0n) is 9.90. The number of thioether (sulfide) groups is 1. The standard InChI is InChI=1S/C12H16FNO2S/c1-9(7-16-2)14-12(15)8-17-11-5-3-10(13)4-6-11/h3-6,9H,7-8H2,1-2H3,(H,14,15)/t9-/m0/s1. The quantitative estimate of drug-likeness (QED) is 0.793. The zero-order valence-corrected chi connectivity index (χ0v) is 10.7. The van der Waals surface area contributed by atoms with E-state index < -0.39 is 0 Å². The number of hydrogen-bond donors (Lipinski definition) is 1. The summed E-state index contributed by atoms with van der Waals surface area (Å²) in [7, 11) is 1.59. The molecule has 1 rings (SSSR count). The first-order valence-electron chi connectivity index (χ1n) is 5.28. The van der Waals surface area contributed by atoms with Crippen LogP contribution in [0.5, 0.6) is 0 Å². The largest absolute Gasteiger partial charge is 0.383 e. The molecule has 1 aromatic carbocycles. The summed E-state index contributed by atoms with van der Waals surface area (Å²) in [5.74, 6) is -0.00365. The minimum atomic E-state index is -0.271. The second-order valence-electron chi connectivity index (χ2n) is 3.67. The molecule has 0 fully saturated rings. The molecule has 1 amide bonds. The van der Waals surface area contributed by atoms with E-state index in [1.165, 1.54) is 23.9 Å². The van der Waals surface area contributed by atoms with E-state index in [1.54, 1.807) is 19.2 Å². The average molecular weight is 257 g/mol. The molecule has 3 nitrogen and oxygen atoms in total. The van der Waals surface area contributed by atoms with E-state index in [0.29, 0.717) is 12.4 Å². The molecule has 17 heavy (non-hydrogen) atoms. The smallest absolute Gasteiger partial charge is 0.230 e. The molecule has 1 aromatic rings. The third kappa shape index (κ3) is 5.70. The fraction of sp³-hybridized carbons (Fsp3) is 0.417. The van der Waals surface area contributed by atoms with Crippen molar-refractivity contribution in [3.05, 3.63) is 30.1 Å². The molecule has 1 N–H and O–H groups in total. The normalized spacial score (nSPS) is 12.2. The van der Waals surface area contributed by atoms with Crippen molar-refractivity contribution in [3.63, 3.8) is 0 Å². The molecular formula is C12H16FNO2S. The Morgan fingerprint density at radius 3 is 2.71 bits per heavy atom. The van der Waals surface area contributed by atoms with Gasteiger partial charge in [0, 0.05) is 18.0 Å². The Hall–Kier alpha value is -1.07. The van der Waals surface area contributed by atoms with Crippen molar-refractivity contribution < 1.29 is 13.9 Å². The Bertz CT molecular complexity index is 356. The highest BCUT2D eigenvalue weighted by Gasteiger charge is 2.07. The van der Waals surface area contributed by atoms with Gasteiger partial charge in [-0.2, -0.15) is 0 Å². The van der Waals surface area contributed by atoms with Gasteiger partial charge in [-0.1, -0.05) is 0 Å². The number of rotatable bonds is 6. The maximum absolute atomic E-state index is 12.6. The highest BCUT2D eigenvalue weighted by atomic mass is 32.2. The van der Waals surface area contributed by atoms with E-state index in [4.69, 9.17) is 4.74 Å². The second kappa shape index (κ2) is 7.29. The number of carbonyl (C=O) groups is 1. The predicted octanol–water partition coefficient (Wildman–Crippen LogP) is 2.07. The van der Waals surface area contributed by atoms with Gasteiger partial charge >= 0.3 is 0 Å². The van der Waals surface area contributed by atoms with Gasteiger partial charge in [-0.15, -0.1) is 11.8 Å². The van der Waals surface area contributed by atoms with Crippen LogP contribution in [0.1, 0.15) is 6.92 Å². The molecule has 0 saturated carbocycles. The van der Waals surface area contributed by atoms with Crippen LogP contribution in [0.15, 0.2) is 29.2 Å². The molecule has 0 saturated heterocycles. The fourth-order valence-electron chi connectivity index (χ4n) is 1.29. The molecule has 94 valence electrons. The summed E-state index contributed by atoms with van der Waals surface area (Å²) in [6.45, 7) is 2.37. The number of methoxy groups -OCH3 is 1. The van der Waals surface area contributed by atoms with Crippen LogP contribution >= 0.6 is 11.8 Å². The summed E-state index contributed by atoms with van der Waals surface area (Å²) >= 11 is 1.38. The van der Waals surface area contributed by atoms with E-state index in [0.717, 1.165) is 4.90 Å². The maximum atomic E-state index is 12.6. The van der Waals surface area contributed by atoms with Crippen LogP contribution in [0, 0.1) is 5.82 Å². The molecule has 5 heteroatoms. The first-order chi connectivity index (χ1) is 8.11. The van der Waals surface area contributed by atoms with Crippen LogP contribution in [-0.4, -0.2) is 31.4 Å². The second-order valence-corrected chi connectivity index (χ2v) is 4.72. The first kappa shape index (κ1) is 14.0. The lowest BCUT2D eigenvalue weighted by Gasteiger charge is -2.12. The van der Waals surface area contributed by atoms with Crippen molar-refractivity contribution in [2.75, 3.05) is 19.5 Å². The Labute approximate surface area is 105 Å². The first-order valence-corrected chi connectivity index (χ1v) is 6.27. The highest BCUT2D eigenvalue weighted by molar-refractivity contribution is 8.00. The summed E-state index contributed by atoms with van der Waals surface area (Å²) in [5.41, 5.74) is 0. The summed E-state index contributed by atoms with van der Waals surface area (Å²) in [6.07, 6.45) is 0. The van der Waals surface area contributed by atoms with Gasteiger partial charge < -0.3 is 10.1 Å². The van der Waals surface area contributed by atoms with Crippen LogP contribution in [-0.2, 0) is 9.53 Å². The molecule has 1 atom stereocenters. The summed E-state index contributed by atoms with van der Waals surface area (Å²) in [4.78, 5) is 12.4. The monoisotopic (exact) mass is 257 g/mol. The Morgan fingerprint density at radius 2 is 2.12 bits per heavy atom. The summed E-state index contributed by atoms with van der Waals surface area (Å²) in [5, 5.41) is 2.80. The van der Waals surface area contributed by atoms with Gasteiger partial charge in [0.2, 0.25) is 5.91 Å². The molecule has 0 radical (unpaired) electrons. The Morgan fingerprint density at radius 1 is 1.47 bits per heavy atom. The van der Waals surface area contributed by atoms with Crippen molar-refractivity contribution in [2.45, 2.75) is 17.9 Å². The lowest BCUT2D eigenvalue weighted by molar-refractivity contribution is -0.119. The van der Waals surface area contributed by atoms with Gasteiger partial charge in [-0.05, 0) is 31.2 Å². The highest BCUT2D eigenvalue weighted by Crippen LogP contribution is 2.17. The molecule has 0 aromatic heterocycles. The predicted molar refractivity (Wildman–Crippen MR) is 66.6 cm³/mol. The maximum Gasteiger partial charge on any atom is 0.230 e. The summed E-state index contributed by atoms with van der Waals surface area (Å²) in [6, 6.07) is 6.08. The van der Waals surface area contributed by atoms with E-state index in [1.807, 2.05) is 6.92 Å². The minimum absolute atomic E-state index is 0.00122. The lowest BCUT2D eigenvalue weighted by atomic mass is 10.3. The average Bonchev–Trinajstić information content (AvgIpc) is 2.28. The number of hydrogen-bond acceptors (Lipinski definition) is 3. The van der Waals surface area contributed by atoms with Crippen LogP contribution in [0.25, 0.3) is 0 Å². The molecular weight excluding hydrogens is 241 g/mol. The van der Waals surface area contributed by atoms with Gasteiger partial charge in [0.15, 0.2) is 0 Å². The van der Waals surface area contributed by atoms with Gasteiger partial charge in [0.05, 0.1) is 12.4 Å². The number of benzene rings is 1. The number of halogens is 1. The van der Waals surface area contributed by atoms with Crippen molar-refractivity contribution in [3.8, 4) is 0 Å². The number of amides is 1. The molecule has 0 unspecified atom stereocenters. The van der Waals surface area contributed by atoms with Crippen LogP contribution in [0.4, 0.5) is 4.39 Å². The Balaban J connectivity index is 2.30. The number of nitrogens with one attached hydrogen (secondary N) is 1. The number of ether oxygens (including phenoxy) is 1. The molecule has 0 aliphatic rings. The molecule has 0 aliphatic heterocycles. The third-order valence-corrected chi connectivity index (χ3v) is 3.02. The Kier molecular flexibility index (Phi) is 6.00. The van der Waals surface area contributed by atoms with E-state index >= 15 is 0 Å². The molecule has 0 spiro atoms. The van der Waals surface area contributed by atoms with Gasteiger partial charge in [0.25, 0.3) is 0 Å². The van der Waals surface area contributed by atoms with Crippen molar-refractivity contribution in [1.29, 1.82) is 0 Å². The SMILES string of the molecule is COC[C@H](C)NC(=O)CSc1ccc(F)cc1. The van der Waals surface area contributed by atoms with Crippen LogP contribution in [0.3, 0.4) is 0 Å². The zero-order chi connectivity index (χ0) is 12.7. The van der Waals surface area contributed by atoms with Crippen LogP contribution < -0.4 is 5.32 Å². The van der Waals surface area contributed by atoms with E-state index in [-0.39, 0.29) is 17.8 Å². The third-order valence-electron chi connectivity index (χ3n) is 2.01. The molecule has 0 aliphatic carbocycles. The number of carbonyl (C=O) groups excluding carboxylic acids is 1. The van der Waals surface area contributed by atoms with Gasteiger partial charge in [-0.3, -0.25) is 4.79 Å². The van der Waals surface area contributed by atoms with E-state index in [9.17, 15) is 9.18 Å². The molecule has 0 heterocycles. The van der Waals surface area contributed by atoms with Crippen molar-refractivity contribution in [2.24, 2.45) is 0 Å². The fourth-order valence-corrected chi connectivity index (χ4v) is 2.00. The molecule has 0 bridgehead atoms. The lowest BCUT2D eigenvalue weighted by Crippen LogP contribution is -2.36. The summed E-state index contributed by atoms with van der Waals surface area (Å²) < 4.78 is 17.6. The van der Waals surface area contributed by atoms with Gasteiger partial charge in [0.1, 0.15) is 5.82 Å². The van der Waals surface area contributed by atoms with Crippen molar-refractivity contribution >= 4 is 17.7 Å². The topological polar surface area (TPSA) is 38.3 Å². The van der Waals surface area contributed by atoms with E-state index in [2.05, 4.69) is 5.32 Å². The van der Waals surface area contributed by atoms with Crippen LogP contribution in [0.2, 0.25) is 0 Å². The van der Waals surface area contributed by atoms with Crippen molar-refractivity contribution in [1.82, 2.24) is 5.32 Å². The minimum Gasteiger partial charge on any atom is -0.383 e.